The maximum Gasteiger partial charge on any atom is 0.410 e. The molecule has 1 amide bonds. The lowest BCUT2D eigenvalue weighted by Gasteiger charge is -2.41. The maximum absolute atomic E-state index is 12.3. The SMILES string of the molecule is Cn1ncc2c(N3CCN(C(=O)OC(C)(C)C)C[C@@H]3CO)nc(N)nc21. The van der Waals surface area contributed by atoms with Gasteiger partial charge in [-0.3, -0.25) is 4.68 Å². The first-order valence-electron chi connectivity index (χ1n) is 8.50. The highest BCUT2D eigenvalue weighted by Crippen LogP contribution is 2.27. The summed E-state index contributed by atoms with van der Waals surface area (Å²) < 4.78 is 7.06. The molecule has 1 saturated heterocycles. The molecule has 0 radical (unpaired) electrons. The van der Waals surface area contributed by atoms with E-state index in [-0.39, 0.29) is 24.7 Å². The topological polar surface area (TPSA) is 123 Å². The molecule has 26 heavy (non-hydrogen) atoms. The van der Waals surface area contributed by atoms with Gasteiger partial charge in [-0.1, -0.05) is 0 Å². The van der Waals surface area contributed by atoms with Crippen LogP contribution in [0, 0.1) is 0 Å². The summed E-state index contributed by atoms with van der Waals surface area (Å²) in [5.74, 6) is 0.755. The number of aryl methyl sites for hydroxylation is 1. The van der Waals surface area contributed by atoms with E-state index in [1.54, 1.807) is 22.8 Å². The highest BCUT2D eigenvalue weighted by Gasteiger charge is 2.33. The number of aromatic nitrogens is 4. The van der Waals surface area contributed by atoms with Crippen LogP contribution in [0.5, 0.6) is 0 Å². The third-order valence-corrected chi connectivity index (χ3v) is 4.21. The van der Waals surface area contributed by atoms with Crippen LogP contribution in [-0.4, -0.2) is 73.7 Å². The molecule has 1 fully saturated rings. The van der Waals surface area contributed by atoms with E-state index in [9.17, 15) is 9.90 Å². The standard InChI is InChI=1S/C16H25N7O3/c1-16(2,3)26-15(25)22-5-6-23(10(8-22)9-24)13-11-7-18-21(4)12(11)19-14(17)20-13/h7,10,24H,5-6,8-9H2,1-4H3,(H2,17,19,20)/t10-/m1/s1. The Balaban J connectivity index is 1.86. The van der Waals surface area contributed by atoms with Crippen molar-refractivity contribution in [3.05, 3.63) is 6.20 Å². The number of piperazine rings is 1. The van der Waals surface area contributed by atoms with Crippen LogP contribution in [0.25, 0.3) is 11.0 Å². The van der Waals surface area contributed by atoms with Gasteiger partial charge < -0.3 is 25.4 Å². The van der Waals surface area contributed by atoms with E-state index in [1.165, 1.54) is 0 Å². The van der Waals surface area contributed by atoms with Gasteiger partial charge >= 0.3 is 6.09 Å². The van der Waals surface area contributed by atoms with Crippen molar-refractivity contribution in [2.75, 3.05) is 36.9 Å². The molecule has 142 valence electrons. The lowest BCUT2D eigenvalue weighted by atomic mass is 10.1. The average Bonchev–Trinajstić information content (AvgIpc) is 2.93. The predicted octanol–water partition coefficient (Wildman–Crippen LogP) is 0.364. The average molecular weight is 363 g/mol. The van der Waals surface area contributed by atoms with E-state index in [2.05, 4.69) is 15.1 Å². The number of rotatable bonds is 2. The number of nitrogens with zero attached hydrogens (tertiary/aromatic N) is 6. The summed E-state index contributed by atoms with van der Waals surface area (Å²) in [4.78, 5) is 24.5. The monoisotopic (exact) mass is 363 g/mol. The Morgan fingerprint density at radius 3 is 2.77 bits per heavy atom. The highest BCUT2D eigenvalue weighted by atomic mass is 16.6. The number of hydrogen-bond donors (Lipinski definition) is 2. The fourth-order valence-electron chi connectivity index (χ4n) is 3.03. The molecular weight excluding hydrogens is 338 g/mol. The predicted molar refractivity (Wildman–Crippen MR) is 96.7 cm³/mol. The van der Waals surface area contributed by atoms with Gasteiger partial charge in [0.15, 0.2) is 5.65 Å². The minimum Gasteiger partial charge on any atom is -0.444 e. The molecule has 0 aromatic carbocycles. The molecule has 2 aromatic rings. The lowest BCUT2D eigenvalue weighted by Crippen LogP contribution is -2.57. The quantitative estimate of drug-likeness (QED) is 0.784. The van der Waals surface area contributed by atoms with E-state index in [0.717, 1.165) is 5.39 Å². The zero-order valence-electron chi connectivity index (χ0n) is 15.5. The molecule has 0 saturated carbocycles. The Labute approximate surface area is 151 Å². The summed E-state index contributed by atoms with van der Waals surface area (Å²) in [6.07, 6.45) is 1.29. The molecule has 2 aromatic heterocycles. The molecule has 3 N–H and O–H groups in total. The molecule has 3 rings (SSSR count). The van der Waals surface area contributed by atoms with Crippen LogP contribution in [0.3, 0.4) is 0 Å². The van der Waals surface area contributed by atoms with E-state index in [1.807, 2.05) is 25.7 Å². The number of hydrogen-bond acceptors (Lipinski definition) is 8. The molecule has 10 heteroatoms. The summed E-state index contributed by atoms with van der Waals surface area (Å²) in [6.45, 7) is 6.62. The van der Waals surface area contributed by atoms with Gasteiger partial charge in [0.25, 0.3) is 0 Å². The van der Waals surface area contributed by atoms with E-state index in [4.69, 9.17) is 10.5 Å². The van der Waals surface area contributed by atoms with Gasteiger partial charge in [-0.25, -0.2) is 4.79 Å². The zero-order valence-corrected chi connectivity index (χ0v) is 15.5. The highest BCUT2D eigenvalue weighted by molar-refractivity contribution is 5.88. The van der Waals surface area contributed by atoms with Crippen LogP contribution in [-0.2, 0) is 11.8 Å². The zero-order chi connectivity index (χ0) is 19.1. The number of nitrogen functional groups attached to an aromatic ring is 1. The van der Waals surface area contributed by atoms with Gasteiger partial charge in [0.1, 0.15) is 11.4 Å². The van der Waals surface area contributed by atoms with Crippen molar-refractivity contribution < 1.29 is 14.6 Å². The Morgan fingerprint density at radius 2 is 2.12 bits per heavy atom. The summed E-state index contributed by atoms with van der Waals surface area (Å²) in [6, 6.07) is -0.325. The minimum atomic E-state index is -0.564. The van der Waals surface area contributed by atoms with Gasteiger partial charge in [-0.2, -0.15) is 15.1 Å². The number of aliphatic hydroxyl groups excluding tert-OH is 1. The summed E-state index contributed by atoms with van der Waals surface area (Å²) >= 11 is 0. The Kier molecular flexibility index (Phi) is 4.61. The number of aliphatic hydroxyl groups is 1. The second-order valence-corrected chi connectivity index (χ2v) is 7.37. The third-order valence-electron chi connectivity index (χ3n) is 4.21. The van der Waals surface area contributed by atoms with Crippen molar-refractivity contribution in [3.63, 3.8) is 0 Å². The number of carbonyl (C=O) groups is 1. The Morgan fingerprint density at radius 1 is 1.38 bits per heavy atom. The van der Waals surface area contributed by atoms with Gasteiger partial charge in [-0.15, -0.1) is 0 Å². The lowest BCUT2D eigenvalue weighted by molar-refractivity contribution is 0.0197. The first kappa shape index (κ1) is 18.2. The van der Waals surface area contributed by atoms with Crippen molar-refractivity contribution in [3.8, 4) is 0 Å². The fraction of sp³-hybridized carbons (Fsp3) is 0.625. The number of ether oxygens (including phenoxy) is 1. The second kappa shape index (κ2) is 6.60. The van der Waals surface area contributed by atoms with Crippen LogP contribution >= 0.6 is 0 Å². The molecule has 0 aliphatic carbocycles. The fourth-order valence-corrected chi connectivity index (χ4v) is 3.03. The third kappa shape index (κ3) is 3.50. The Bertz CT molecular complexity index is 814. The molecule has 0 bridgehead atoms. The van der Waals surface area contributed by atoms with Crippen molar-refractivity contribution in [2.24, 2.45) is 7.05 Å². The minimum absolute atomic E-state index is 0.134. The van der Waals surface area contributed by atoms with Crippen LogP contribution in [0.4, 0.5) is 16.6 Å². The number of nitrogens with two attached hydrogens (primary N) is 1. The van der Waals surface area contributed by atoms with Crippen molar-refractivity contribution in [2.45, 2.75) is 32.4 Å². The van der Waals surface area contributed by atoms with E-state index < -0.39 is 5.60 Å². The molecule has 1 aliphatic heterocycles. The molecule has 0 spiro atoms. The van der Waals surface area contributed by atoms with Crippen molar-refractivity contribution in [1.29, 1.82) is 0 Å². The molecule has 3 heterocycles. The van der Waals surface area contributed by atoms with E-state index >= 15 is 0 Å². The molecule has 1 aliphatic rings. The summed E-state index contributed by atoms with van der Waals surface area (Å²) in [5.41, 5.74) is 5.91. The maximum atomic E-state index is 12.3. The van der Waals surface area contributed by atoms with Gasteiger partial charge in [0.05, 0.1) is 24.2 Å². The Hall–Kier alpha value is -2.62. The largest absolute Gasteiger partial charge is 0.444 e. The summed E-state index contributed by atoms with van der Waals surface area (Å²) in [5, 5.41) is 14.9. The van der Waals surface area contributed by atoms with Crippen LogP contribution in [0.1, 0.15) is 20.8 Å². The number of amides is 1. The van der Waals surface area contributed by atoms with Gasteiger partial charge in [0.2, 0.25) is 5.95 Å². The van der Waals surface area contributed by atoms with Crippen LogP contribution in [0.15, 0.2) is 6.20 Å². The molecular formula is C16H25N7O3. The van der Waals surface area contributed by atoms with Crippen molar-refractivity contribution >= 4 is 28.9 Å². The summed E-state index contributed by atoms with van der Waals surface area (Å²) in [7, 11) is 1.78. The molecule has 1 atom stereocenters. The first-order valence-corrected chi connectivity index (χ1v) is 8.50. The van der Waals surface area contributed by atoms with E-state index in [0.29, 0.717) is 31.1 Å². The molecule has 10 nitrogen and oxygen atoms in total. The number of carbonyl (C=O) groups excluding carboxylic acids is 1. The van der Waals surface area contributed by atoms with Crippen LogP contribution in [0.2, 0.25) is 0 Å². The molecule has 0 unspecified atom stereocenters. The van der Waals surface area contributed by atoms with Crippen LogP contribution < -0.4 is 10.6 Å². The van der Waals surface area contributed by atoms with Crippen molar-refractivity contribution in [1.82, 2.24) is 24.6 Å². The number of fused-ring (bicyclic) bond motifs is 1. The second-order valence-electron chi connectivity index (χ2n) is 7.37. The van der Waals surface area contributed by atoms with Gasteiger partial charge in [0, 0.05) is 26.7 Å². The van der Waals surface area contributed by atoms with Gasteiger partial charge in [-0.05, 0) is 20.8 Å². The normalized spacial score (nSPS) is 18.4. The number of anilines is 2. The first-order chi connectivity index (χ1) is 12.2. The smallest absolute Gasteiger partial charge is 0.410 e.